The maximum Gasteiger partial charge on any atom is 0.256 e. The van der Waals surface area contributed by atoms with Gasteiger partial charge in [0, 0.05) is 18.8 Å². The first kappa shape index (κ1) is 25.6. The zero-order valence-corrected chi connectivity index (χ0v) is 23.4. The predicted molar refractivity (Wildman–Crippen MR) is 154 cm³/mol. The minimum atomic E-state index is 0.0752. The number of carbonyl (C=O) groups excluding carboxylic acids is 1. The highest BCUT2D eigenvalue weighted by Gasteiger charge is 2.32. The molecule has 6 nitrogen and oxygen atoms in total. The molecule has 3 aromatic carbocycles. The molecule has 1 fully saturated rings. The van der Waals surface area contributed by atoms with Crippen LogP contribution in [0.5, 0.6) is 23.0 Å². The molecule has 0 aliphatic carbocycles. The molecule has 1 saturated heterocycles. The molecule has 37 heavy (non-hydrogen) atoms. The van der Waals surface area contributed by atoms with Crippen molar-refractivity contribution in [1.82, 2.24) is 4.90 Å². The van der Waals surface area contributed by atoms with Crippen molar-refractivity contribution in [3.8, 4) is 23.0 Å². The van der Waals surface area contributed by atoms with Gasteiger partial charge in [-0.25, -0.2) is 0 Å². The van der Waals surface area contributed by atoms with Crippen molar-refractivity contribution in [3.05, 3.63) is 74.9 Å². The summed E-state index contributed by atoms with van der Waals surface area (Å²) in [6, 6.07) is 17.8. The Morgan fingerprint density at radius 3 is 2.49 bits per heavy atom. The number of rotatable bonds is 9. The lowest BCUT2D eigenvalue weighted by Crippen LogP contribution is -2.35. The second-order valence-corrected chi connectivity index (χ2v) is 10.7. The third kappa shape index (κ3) is 6.09. The minimum absolute atomic E-state index is 0.0752. The van der Waals surface area contributed by atoms with Gasteiger partial charge < -0.3 is 19.1 Å². The predicted octanol–water partition coefficient (Wildman–Crippen LogP) is 7.26. The van der Waals surface area contributed by atoms with Gasteiger partial charge in [-0.1, -0.05) is 17.7 Å². The number of aliphatic imine (C=N–C) groups is 1. The summed E-state index contributed by atoms with van der Waals surface area (Å²) >= 11 is 2.27. The summed E-state index contributed by atoms with van der Waals surface area (Å²) in [4.78, 5) is 19.5. The normalized spacial score (nSPS) is 16.2. The smallest absolute Gasteiger partial charge is 0.256 e. The van der Waals surface area contributed by atoms with Crippen LogP contribution in [0.3, 0.4) is 0 Å². The zero-order chi connectivity index (χ0) is 25.8. The van der Waals surface area contributed by atoms with Crippen molar-refractivity contribution in [3.63, 3.8) is 0 Å². The molecular weight excluding hydrogens is 579 g/mol. The fourth-order valence-corrected chi connectivity index (χ4v) is 5.19. The van der Waals surface area contributed by atoms with Gasteiger partial charge in [0.15, 0.2) is 0 Å². The molecule has 1 atom stereocenters. The highest BCUT2D eigenvalue weighted by atomic mass is 127. The van der Waals surface area contributed by atoms with E-state index in [1.54, 1.807) is 0 Å². The van der Waals surface area contributed by atoms with Gasteiger partial charge in [0.05, 0.1) is 34.1 Å². The van der Waals surface area contributed by atoms with Crippen LogP contribution in [0.1, 0.15) is 47.2 Å². The van der Waals surface area contributed by atoms with E-state index in [0.29, 0.717) is 24.5 Å². The number of benzene rings is 3. The number of carbonyl (C=O) groups is 1. The lowest BCUT2D eigenvalue weighted by Gasteiger charge is -2.20. The monoisotopic (exact) mass is 610 g/mol. The highest BCUT2D eigenvalue weighted by molar-refractivity contribution is 14.1. The first-order chi connectivity index (χ1) is 18.0. The van der Waals surface area contributed by atoms with Crippen LogP contribution in [0.15, 0.2) is 59.6 Å². The minimum Gasteiger partial charge on any atom is -0.494 e. The summed E-state index contributed by atoms with van der Waals surface area (Å²) in [6.07, 6.45) is 5.66. The Hall–Kier alpha value is -3.07. The topological polar surface area (TPSA) is 60.4 Å². The SMILES string of the molecule is Cc1ccc(Oc2ccc(OCCCCOc3cc4c(cc3C)C(=O)N3CCC[C@H]3C=N4)cc2I)cc1. The summed E-state index contributed by atoms with van der Waals surface area (Å²) in [5.74, 6) is 3.32. The molecule has 2 aliphatic rings. The lowest BCUT2D eigenvalue weighted by atomic mass is 10.1. The largest absolute Gasteiger partial charge is 0.494 e. The Bertz CT molecular complexity index is 1310. The van der Waals surface area contributed by atoms with Gasteiger partial charge in [-0.15, -0.1) is 0 Å². The number of fused-ring (bicyclic) bond motifs is 2. The van der Waals surface area contributed by atoms with Crippen LogP contribution in [-0.4, -0.2) is 42.8 Å². The third-order valence-electron chi connectivity index (χ3n) is 6.69. The van der Waals surface area contributed by atoms with E-state index in [1.165, 1.54) is 5.56 Å². The van der Waals surface area contributed by atoms with E-state index in [9.17, 15) is 4.79 Å². The molecule has 0 unspecified atom stereocenters. The Balaban J connectivity index is 1.08. The van der Waals surface area contributed by atoms with E-state index in [1.807, 2.05) is 72.6 Å². The van der Waals surface area contributed by atoms with E-state index in [4.69, 9.17) is 14.2 Å². The van der Waals surface area contributed by atoms with Crippen molar-refractivity contribution in [1.29, 1.82) is 0 Å². The molecule has 3 aromatic rings. The Morgan fingerprint density at radius 2 is 1.70 bits per heavy atom. The number of halogens is 1. The molecule has 192 valence electrons. The van der Waals surface area contributed by atoms with E-state index >= 15 is 0 Å². The Kier molecular flexibility index (Phi) is 7.98. The quantitative estimate of drug-likeness (QED) is 0.189. The molecule has 0 aromatic heterocycles. The average Bonchev–Trinajstić information content (AvgIpc) is 3.32. The summed E-state index contributed by atoms with van der Waals surface area (Å²) in [6.45, 7) is 6.03. The number of nitrogens with zero attached hydrogens (tertiary/aromatic N) is 2. The molecular formula is C30H31IN2O4. The zero-order valence-electron chi connectivity index (χ0n) is 21.2. The molecule has 0 N–H and O–H groups in total. The van der Waals surface area contributed by atoms with Gasteiger partial charge in [0.25, 0.3) is 5.91 Å². The lowest BCUT2D eigenvalue weighted by molar-refractivity contribution is 0.0774. The van der Waals surface area contributed by atoms with Crippen molar-refractivity contribution >= 4 is 40.4 Å². The van der Waals surface area contributed by atoms with Crippen LogP contribution in [-0.2, 0) is 0 Å². The summed E-state index contributed by atoms with van der Waals surface area (Å²) in [5.41, 5.74) is 3.53. The van der Waals surface area contributed by atoms with Crippen LogP contribution in [0, 0.1) is 17.4 Å². The molecule has 7 heteroatoms. The van der Waals surface area contributed by atoms with E-state index in [-0.39, 0.29) is 11.9 Å². The fraction of sp³-hybridized carbons (Fsp3) is 0.333. The summed E-state index contributed by atoms with van der Waals surface area (Å²) in [5, 5.41) is 0. The maximum atomic E-state index is 12.9. The Labute approximate surface area is 231 Å². The Morgan fingerprint density at radius 1 is 0.946 bits per heavy atom. The fourth-order valence-electron chi connectivity index (χ4n) is 4.60. The van der Waals surface area contributed by atoms with E-state index in [0.717, 1.165) is 64.4 Å². The first-order valence-electron chi connectivity index (χ1n) is 12.8. The van der Waals surface area contributed by atoms with Crippen molar-refractivity contribution < 1.29 is 19.0 Å². The number of amides is 1. The molecule has 5 rings (SSSR count). The first-order valence-corrected chi connectivity index (χ1v) is 13.9. The number of hydrogen-bond donors (Lipinski definition) is 0. The molecule has 2 aliphatic heterocycles. The number of ether oxygens (including phenoxy) is 3. The molecule has 1 amide bonds. The second-order valence-electron chi connectivity index (χ2n) is 9.53. The van der Waals surface area contributed by atoms with Crippen LogP contribution in [0.4, 0.5) is 5.69 Å². The van der Waals surface area contributed by atoms with Crippen molar-refractivity contribution in [2.24, 2.45) is 4.99 Å². The van der Waals surface area contributed by atoms with Crippen molar-refractivity contribution in [2.45, 2.75) is 45.6 Å². The summed E-state index contributed by atoms with van der Waals surface area (Å²) in [7, 11) is 0. The number of hydrogen-bond acceptors (Lipinski definition) is 5. The molecule has 0 bridgehead atoms. The van der Waals surface area contributed by atoms with Gasteiger partial charge in [-0.05, 0) is 104 Å². The van der Waals surface area contributed by atoms with Gasteiger partial charge in [-0.3, -0.25) is 9.79 Å². The maximum absolute atomic E-state index is 12.9. The average molecular weight is 610 g/mol. The van der Waals surface area contributed by atoms with Crippen molar-refractivity contribution in [2.75, 3.05) is 19.8 Å². The third-order valence-corrected chi connectivity index (χ3v) is 7.53. The van der Waals surface area contributed by atoms with Gasteiger partial charge in [0.2, 0.25) is 0 Å². The molecule has 0 saturated carbocycles. The number of aryl methyl sites for hydroxylation is 2. The summed E-state index contributed by atoms with van der Waals surface area (Å²) < 4.78 is 19.0. The van der Waals surface area contributed by atoms with Crippen LogP contribution >= 0.6 is 22.6 Å². The van der Waals surface area contributed by atoms with Gasteiger partial charge >= 0.3 is 0 Å². The highest BCUT2D eigenvalue weighted by Crippen LogP contribution is 2.34. The van der Waals surface area contributed by atoms with E-state index < -0.39 is 0 Å². The standard InChI is InChI=1S/C30H31IN2O4/c1-20-7-9-23(10-8-20)37-28-12-11-24(17-26(28)31)35-14-3-4-15-36-29-18-27-25(16-21(29)2)30(34)33-13-5-6-22(33)19-32-27/h7-12,16-19,22H,3-6,13-15H2,1-2H3/t22-/m0/s1. The van der Waals surface area contributed by atoms with Crippen LogP contribution < -0.4 is 14.2 Å². The number of unbranched alkanes of at least 4 members (excludes halogenated alkanes) is 1. The second kappa shape index (κ2) is 11.5. The molecule has 2 heterocycles. The van der Waals surface area contributed by atoms with Gasteiger partial charge in [0.1, 0.15) is 23.0 Å². The molecule has 0 spiro atoms. The molecule has 0 radical (unpaired) electrons. The van der Waals surface area contributed by atoms with Crippen LogP contribution in [0.25, 0.3) is 0 Å². The van der Waals surface area contributed by atoms with Gasteiger partial charge in [-0.2, -0.15) is 0 Å². The van der Waals surface area contributed by atoms with E-state index in [2.05, 4.69) is 34.5 Å². The van der Waals surface area contributed by atoms with Crippen LogP contribution in [0.2, 0.25) is 0 Å².